The van der Waals surface area contributed by atoms with Gasteiger partial charge in [0, 0.05) is 42.5 Å². The molecular weight excluding hydrogens is 302 g/mol. The summed E-state index contributed by atoms with van der Waals surface area (Å²) in [6, 6.07) is 7.08. The molecule has 1 amide bonds. The minimum absolute atomic E-state index is 0.0824. The highest BCUT2D eigenvalue weighted by atomic mass is 16.1. The van der Waals surface area contributed by atoms with E-state index in [1.807, 2.05) is 6.07 Å². The molecule has 2 heterocycles. The van der Waals surface area contributed by atoms with Gasteiger partial charge < -0.3 is 10.2 Å². The largest absolute Gasteiger partial charge is 0.371 e. The van der Waals surface area contributed by atoms with E-state index in [-0.39, 0.29) is 11.8 Å². The van der Waals surface area contributed by atoms with E-state index in [1.54, 1.807) is 0 Å². The molecule has 0 aromatic heterocycles. The van der Waals surface area contributed by atoms with Crippen molar-refractivity contribution in [3.05, 3.63) is 23.8 Å². The highest BCUT2D eigenvalue weighted by Gasteiger charge is 2.36. The standard InChI is InChI=1S/C18H27N5O/c1-12-10-14(5-7-17(12)23-8-2-3-9-23)19-18(24)13-4-6-15-16(11-13)21-22-20-15/h5,7,10,13,15-16,20-22H,2-4,6,8-9,11H2,1H3,(H,19,24). The Balaban J connectivity index is 1.39. The van der Waals surface area contributed by atoms with Crippen molar-refractivity contribution >= 4 is 17.3 Å². The normalized spacial score (nSPS) is 29.5. The number of rotatable bonds is 3. The molecule has 3 unspecified atom stereocenters. The lowest BCUT2D eigenvalue weighted by atomic mass is 9.82. The summed E-state index contributed by atoms with van der Waals surface area (Å²) < 4.78 is 0. The minimum Gasteiger partial charge on any atom is -0.371 e. The lowest BCUT2D eigenvalue weighted by molar-refractivity contribution is -0.121. The van der Waals surface area contributed by atoms with Crippen LogP contribution < -0.4 is 26.6 Å². The predicted molar refractivity (Wildman–Crippen MR) is 95.6 cm³/mol. The molecule has 4 rings (SSSR count). The predicted octanol–water partition coefficient (Wildman–Crippen LogP) is 1.68. The van der Waals surface area contributed by atoms with Gasteiger partial charge in [-0.2, -0.15) is 5.53 Å². The number of hydrogen-bond donors (Lipinski definition) is 4. The van der Waals surface area contributed by atoms with Gasteiger partial charge in [-0.15, -0.1) is 0 Å². The van der Waals surface area contributed by atoms with Crippen molar-refractivity contribution in [2.75, 3.05) is 23.3 Å². The molecule has 3 aliphatic rings. The van der Waals surface area contributed by atoms with Gasteiger partial charge in [-0.3, -0.25) is 4.79 Å². The number of nitrogens with zero attached hydrogens (tertiary/aromatic N) is 1. The molecule has 0 radical (unpaired) electrons. The van der Waals surface area contributed by atoms with E-state index in [4.69, 9.17) is 0 Å². The van der Waals surface area contributed by atoms with Gasteiger partial charge >= 0.3 is 0 Å². The first kappa shape index (κ1) is 15.9. The molecule has 1 aromatic carbocycles. The summed E-state index contributed by atoms with van der Waals surface area (Å²) >= 11 is 0. The second-order valence-corrected chi connectivity index (χ2v) is 7.32. The Hall–Kier alpha value is -1.63. The van der Waals surface area contributed by atoms with Crippen molar-refractivity contribution in [3.63, 3.8) is 0 Å². The van der Waals surface area contributed by atoms with E-state index < -0.39 is 0 Å². The third-order valence-corrected chi connectivity index (χ3v) is 5.65. The van der Waals surface area contributed by atoms with Gasteiger partial charge in [0.25, 0.3) is 0 Å². The number of nitrogens with one attached hydrogen (secondary N) is 4. The summed E-state index contributed by atoms with van der Waals surface area (Å²) in [5.74, 6) is 0.231. The number of benzene rings is 1. The molecule has 0 spiro atoms. The van der Waals surface area contributed by atoms with Crippen LogP contribution in [-0.2, 0) is 4.79 Å². The zero-order valence-electron chi connectivity index (χ0n) is 14.3. The van der Waals surface area contributed by atoms with E-state index in [2.05, 4.69) is 45.7 Å². The zero-order valence-corrected chi connectivity index (χ0v) is 14.3. The fraction of sp³-hybridized carbons (Fsp3) is 0.611. The van der Waals surface area contributed by atoms with Crippen molar-refractivity contribution < 1.29 is 4.79 Å². The SMILES string of the molecule is Cc1cc(NC(=O)C2CCC3NNNC3C2)ccc1N1CCCC1. The lowest BCUT2D eigenvalue weighted by Gasteiger charge is -2.29. The first-order valence-electron chi connectivity index (χ1n) is 9.13. The first-order chi connectivity index (χ1) is 11.7. The van der Waals surface area contributed by atoms with Gasteiger partial charge in [0.1, 0.15) is 0 Å². The fourth-order valence-corrected chi connectivity index (χ4v) is 4.26. The van der Waals surface area contributed by atoms with E-state index in [9.17, 15) is 4.79 Å². The van der Waals surface area contributed by atoms with Crippen LogP contribution in [0.4, 0.5) is 11.4 Å². The van der Waals surface area contributed by atoms with E-state index in [1.165, 1.54) is 24.1 Å². The molecule has 1 aliphatic carbocycles. The number of carbonyl (C=O) groups is 1. The van der Waals surface area contributed by atoms with Gasteiger partial charge in [-0.1, -0.05) is 0 Å². The van der Waals surface area contributed by atoms with Crippen molar-refractivity contribution in [2.24, 2.45) is 5.92 Å². The average Bonchev–Trinajstić information content (AvgIpc) is 3.25. The molecule has 3 fully saturated rings. The Morgan fingerprint density at radius 1 is 1.17 bits per heavy atom. The topological polar surface area (TPSA) is 68.4 Å². The Bertz CT molecular complexity index is 613. The van der Waals surface area contributed by atoms with Gasteiger partial charge in [0.2, 0.25) is 5.91 Å². The van der Waals surface area contributed by atoms with E-state index in [0.29, 0.717) is 12.1 Å². The number of hydrogen-bond acceptors (Lipinski definition) is 5. The van der Waals surface area contributed by atoms with Crippen LogP contribution in [-0.4, -0.2) is 31.1 Å². The number of carbonyl (C=O) groups excluding carboxylic acids is 1. The van der Waals surface area contributed by atoms with Crippen LogP contribution in [0.1, 0.15) is 37.7 Å². The van der Waals surface area contributed by atoms with Crippen LogP contribution in [0.2, 0.25) is 0 Å². The molecule has 130 valence electrons. The second-order valence-electron chi connectivity index (χ2n) is 7.32. The van der Waals surface area contributed by atoms with E-state index >= 15 is 0 Å². The van der Waals surface area contributed by atoms with Gasteiger partial charge in [-0.05, 0) is 62.8 Å². The van der Waals surface area contributed by atoms with Crippen LogP contribution in [0, 0.1) is 12.8 Å². The molecule has 6 nitrogen and oxygen atoms in total. The maximum atomic E-state index is 12.6. The molecule has 4 N–H and O–H groups in total. The molecule has 2 saturated heterocycles. The van der Waals surface area contributed by atoms with Crippen molar-refractivity contribution in [1.82, 2.24) is 16.4 Å². The zero-order chi connectivity index (χ0) is 16.5. The van der Waals surface area contributed by atoms with Crippen molar-refractivity contribution in [3.8, 4) is 0 Å². The molecule has 3 atom stereocenters. The summed E-state index contributed by atoms with van der Waals surface area (Å²) in [6.07, 6.45) is 5.39. The van der Waals surface area contributed by atoms with Crippen LogP contribution in [0.15, 0.2) is 18.2 Å². The lowest BCUT2D eigenvalue weighted by Crippen LogP contribution is -2.42. The summed E-state index contributed by atoms with van der Waals surface area (Å²) in [5, 5.41) is 3.12. The highest BCUT2D eigenvalue weighted by molar-refractivity contribution is 5.93. The van der Waals surface area contributed by atoms with Crippen LogP contribution in [0.5, 0.6) is 0 Å². The van der Waals surface area contributed by atoms with Crippen molar-refractivity contribution in [1.29, 1.82) is 0 Å². The van der Waals surface area contributed by atoms with Crippen LogP contribution in [0.3, 0.4) is 0 Å². The Labute approximate surface area is 143 Å². The summed E-state index contributed by atoms with van der Waals surface area (Å²) in [6.45, 7) is 4.42. The second kappa shape index (κ2) is 6.70. The third kappa shape index (κ3) is 3.14. The highest BCUT2D eigenvalue weighted by Crippen LogP contribution is 2.29. The first-order valence-corrected chi connectivity index (χ1v) is 9.13. The van der Waals surface area contributed by atoms with Crippen LogP contribution in [0.25, 0.3) is 0 Å². The van der Waals surface area contributed by atoms with Gasteiger partial charge in [-0.25, -0.2) is 10.9 Å². The van der Waals surface area contributed by atoms with E-state index in [0.717, 1.165) is 38.0 Å². The molecule has 0 bridgehead atoms. The maximum Gasteiger partial charge on any atom is 0.227 e. The number of amides is 1. The average molecular weight is 329 g/mol. The molecule has 1 aromatic rings. The molecule has 24 heavy (non-hydrogen) atoms. The number of anilines is 2. The Kier molecular flexibility index (Phi) is 4.43. The van der Waals surface area contributed by atoms with Gasteiger partial charge in [0.15, 0.2) is 0 Å². The monoisotopic (exact) mass is 329 g/mol. The minimum atomic E-state index is 0.0824. The maximum absolute atomic E-state index is 12.6. The summed E-state index contributed by atoms with van der Waals surface area (Å²) in [4.78, 5) is 15.1. The molecule has 6 heteroatoms. The number of hydrazine groups is 2. The summed E-state index contributed by atoms with van der Waals surface area (Å²) in [5.41, 5.74) is 12.9. The summed E-state index contributed by atoms with van der Waals surface area (Å²) in [7, 11) is 0. The molecular formula is C18H27N5O. The fourth-order valence-electron chi connectivity index (χ4n) is 4.26. The number of aryl methyl sites for hydroxylation is 1. The van der Waals surface area contributed by atoms with Crippen LogP contribution >= 0.6 is 0 Å². The third-order valence-electron chi connectivity index (χ3n) is 5.65. The molecule has 2 aliphatic heterocycles. The van der Waals surface area contributed by atoms with Gasteiger partial charge in [0.05, 0.1) is 0 Å². The molecule has 1 saturated carbocycles. The smallest absolute Gasteiger partial charge is 0.227 e. The quantitative estimate of drug-likeness (QED) is 0.679. The Morgan fingerprint density at radius 2 is 1.96 bits per heavy atom. The number of fused-ring (bicyclic) bond motifs is 1. The Morgan fingerprint density at radius 3 is 2.75 bits per heavy atom. The van der Waals surface area contributed by atoms with Crippen molar-refractivity contribution in [2.45, 2.75) is 51.1 Å².